The van der Waals surface area contributed by atoms with E-state index < -0.39 is 25.2 Å². The van der Waals surface area contributed by atoms with Gasteiger partial charge in [-0.3, -0.25) is 0 Å². The molecule has 0 N–H and O–H groups in total. The Bertz CT molecular complexity index is 104. The van der Waals surface area contributed by atoms with Gasteiger partial charge in [0.2, 0.25) is 0 Å². The molecule has 0 aromatic carbocycles. The van der Waals surface area contributed by atoms with Crippen molar-refractivity contribution >= 4 is 11.9 Å². The average Bonchev–Trinajstić information content (AvgIpc) is 1.63. The number of aliphatic carboxylic acids is 2. The molecule has 0 aliphatic heterocycles. The first-order valence-corrected chi connectivity index (χ1v) is 2.10. The molecular weight excluding hydrogens is 128 g/mol. The summed E-state index contributed by atoms with van der Waals surface area (Å²) in [7, 11) is 0. The first-order valence-electron chi connectivity index (χ1n) is 2.10. The molecular formula is C4H4O5-2. The van der Waals surface area contributed by atoms with Gasteiger partial charge < -0.3 is 24.5 Å². The fourth-order valence-electron chi connectivity index (χ4n) is 0.218. The third-order valence-electron chi connectivity index (χ3n) is 0.440. The standard InChI is InChI=1S/C4H6O5/c5-3(6)1-9-2-4(7)8/h1-2H2,(H,5,6)(H,7,8)/p-2. The molecule has 0 atom stereocenters. The van der Waals surface area contributed by atoms with Crippen LogP contribution in [0.2, 0.25) is 0 Å². The van der Waals surface area contributed by atoms with Crippen molar-refractivity contribution < 1.29 is 24.5 Å². The lowest BCUT2D eigenvalue weighted by molar-refractivity contribution is -0.316. The van der Waals surface area contributed by atoms with Crippen LogP contribution >= 0.6 is 0 Å². The third-order valence-corrected chi connectivity index (χ3v) is 0.440. The predicted molar refractivity (Wildman–Crippen MR) is 20.8 cm³/mol. The number of carbonyl (C=O) groups is 2. The SMILES string of the molecule is O=C([O-])COCC(=O)[O-]. The summed E-state index contributed by atoms with van der Waals surface area (Å²) in [6.45, 7) is -1.43. The zero-order chi connectivity index (χ0) is 7.28. The Balaban J connectivity index is 3.10. The van der Waals surface area contributed by atoms with Crippen LogP contribution in [-0.2, 0) is 14.3 Å². The van der Waals surface area contributed by atoms with Gasteiger partial charge >= 0.3 is 0 Å². The lowest BCUT2D eigenvalue weighted by Gasteiger charge is -2.03. The minimum Gasteiger partial charge on any atom is -0.548 e. The summed E-state index contributed by atoms with van der Waals surface area (Å²) in [5.74, 6) is -2.90. The monoisotopic (exact) mass is 132 g/mol. The van der Waals surface area contributed by atoms with Gasteiger partial charge in [0.25, 0.3) is 0 Å². The summed E-state index contributed by atoms with van der Waals surface area (Å²) >= 11 is 0. The molecule has 0 saturated heterocycles. The van der Waals surface area contributed by atoms with Crippen molar-refractivity contribution in [1.29, 1.82) is 0 Å². The highest BCUT2D eigenvalue weighted by Gasteiger charge is 1.86. The van der Waals surface area contributed by atoms with E-state index in [0.717, 1.165) is 0 Å². The van der Waals surface area contributed by atoms with Gasteiger partial charge in [-0.25, -0.2) is 0 Å². The second-order valence-corrected chi connectivity index (χ2v) is 1.24. The van der Waals surface area contributed by atoms with Crippen LogP contribution in [0.4, 0.5) is 0 Å². The molecule has 0 aliphatic rings. The maximum Gasteiger partial charge on any atom is 0.0866 e. The number of ether oxygens (including phenoxy) is 1. The van der Waals surface area contributed by atoms with Gasteiger partial charge in [-0.1, -0.05) is 0 Å². The molecule has 52 valence electrons. The van der Waals surface area contributed by atoms with Gasteiger partial charge in [-0.05, 0) is 0 Å². The Labute approximate surface area is 50.9 Å². The van der Waals surface area contributed by atoms with Crippen LogP contribution in [0.15, 0.2) is 0 Å². The molecule has 0 radical (unpaired) electrons. The topological polar surface area (TPSA) is 89.5 Å². The molecule has 0 heterocycles. The van der Waals surface area contributed by atoms with Crippen LogP contribution in [-0.4, -0.2) is 25.2 Å². The maximum absolute atomic E-state index is 9.53. The van der Waals surface area contributed by atoms with Crippen LogP contribution < -0.4 is 10.2 Å². The Hall–Kier alpha value is -1.10. The molecule has 0 aromatic heterocycles. The van der Waals surface area contributed by atoms with Crippen LogP contribution in [0, 0.1) is 0 Å². The van der Waals surface area contributed by atoms with Crippen LogP contribution in [0.25, 0.3) is 0 Å². The molecule has 0 aromatic rings. The molecule has 0 amide bonds. The van der Waals surface area contributed by atoms with Crippen molar-refractivity contribution in [3.05, 3.63) is 0 Å². The number of hydrogen-bond donors (Lipinski definition) is 0. The van der Waals surface area contributed by atoms with E-state index in [9.17, 15) is 19.8 Å². The van der Waals surface area contributed by atoms with E-state index in [4.69, 9.17) is 0 Å². The highest BCUT2D eigenvalue weighted by Crippen LogP contribution is 1.68. The van der Waals surface area contributed by atoms with Crippen LogP contribution in [0.1, 0.15) is 0 Å². The summed E-state index contributed by atoms with van der Waals surface area (Å²) in [5, 5.41) is 19.1. The van der Waals surface area contributed by atoms with Crippen molar-refractivity contribution in [3.63, 3.8) is 0 Å². The largest absolute Gasteiger partial charge is 0.548 e. The van der Waals surface area contributed by atoms with E-state index in [1.807, 2.05) is 0 Å². The number of carboxylic acids is 2. The Morgan fingerprint density at radius 1 is 1.11 bits per heavy atom. The van der Waals surface area contributed by atoms with Gasteiger partial charge in [0.05, 0.1) is 25.2 Å². The zero-order valence-electron chi connectivity index (χ0n) is 4.46. The predicted octanol–water partition coefficient (Wildman–Crippen LogP) is -3.50. The van der Waals surface area contributed by atoms with E-state index in [1.165, 1.54) is 0 Å². The molecule has 0 saturated carbocycles. The summed E-state index contributed by atoms with van der Waals surface area (Å²) in [5.41, 5.74) is 0. The lowest BCUT2D eigenvalue weighted by Crippen LogP contribution is -2.32. The summed E-state index contributed by atoms with van der Waals surface area (Å²) in [4.78, 5) is 19.1. The molecule has 0 unspecified atom stereocenters. The third kappa shape index (κ3) is 6.90. The Morgan fingerprint density at radius 3 is 1.67 bits per heavy atom. The van der Waals surface area contributed by atoms with E-state index >= 15 is 0 Å². The minimum atomic E-state index is -1.45. The molecule has 9 heavy (non-hydrogen) atoms. The highest BCUT2D eigenvalue weighted by molar-refractivity contribution is 5.68. The first kappa shape index (κ1) is 7.90. The average molecular weight is 132 g/mol. The van der Waals surface area contributed by atoms with Gasteiger partial charge in [0.1, 0.15) is 0 Å². The minimum absolute atomic E-state index is 0.714. The van der Waals surface area contributed by atoms with Crippen LogP contribution in [0.5, 0.6) is 0 Å². The Kier molecular flexibility index (Phi) is 3.38. The van der Waals surface area contributed by atoms with Gasteiger partial charge in [-0.2, -0.15) is 0 Å². The summed E-state index contributed by atoms with van der Waals surface area (Å²) < 4.78 is 4.03. The maximum atomic E-state index is 9.53. The van der Waals surface area contributed by atoms with E-state index in [2.05, 4.69) is 4.74 Å². The molecule has 5 heteroatoms. The van der Waals surface area contributed by atoms with E-state index in [-0.39, 0.29) is 0 Å². The highest BCUT2D eigenvalue weighted by atomic mass is 16.5. The lowest BCUT2D eigenvalue weighted by atomic mass is 10.7. The molecule has 5 nitrogen and oxygen atoms in total. The zero-order valence-corrected chi connectivity index (χ0v) is 4.46. The summed E-state index contributed by atoms with van der Waals surface area (Å²) in [6, 6.07) is 0. The van der Waals surface area contributed by atoms with Crippen molar-refractivity contribution in [2.24, 2.45) is 0 Å². The van der Waals surface area contributed by atoms with E-state index in [1.54, 1.807) is 0 Å². The normalized spacial score (nSPS) is 8.89. The number of carboxylic acid groups (broad SMARTS) is 2. The van der Waals surface area contributed by atoms with E-state index in [0.29, 0.717) is 0 Å². The molecule has 0 spiro atoms. The smallest absolute Gasteiger partial charge is 0.0866 e. The summed E-state index contributed by atoms with van der Waals surface area (Å²) in [6.07, 6.45) is 0. The Morgan fingerprint density at radius 2 is 1.44 bits per heavy atom. The second kappa shape index (κ2) is 3.85. The molecule has 0 fully saturated rings. The van der Waals surface area contributed by atoms with Gasteiger partial charge in [0.15, 0.2) is 0 Å². The molecule has 0 bridgehead atoms. The second-order valence-electron chi connectivity index (χ2n) is 1.24. The number of rotatable bonds is 4. The van der Waals surface area contributed by atoms with Crippen molar-refractivity contribution in [1.82, 2.24) is 0 Å². The fourth-order valence-corrected chi connectivity index (χ4v) is 0.218. The quantitative estimate of drug-likeness (QED) is 0.396. The van der Waals surface area contributed by atoms with Crippen molar-refractivity contribution in [2.75, 3.05) is 13.2 Å². The van der Waals surface area contributed by atoms with Gasteiger partial charge in [-0.15, -0.1) is 0 Å². The molecule has 0 rings (SSSR count). The van der Waals surface area contributed by atoms with Crippen molar-refractivity contribution in [2.45, 2.75) is 0 Å². The molecule has 0 aliphatic carbocycles. The van der Waals surface area contributed by atoms with Crippen LogP contribution in [0.3, 0.4) is 0 Å². The number of carbonyl (C=O) groups excluding carboxylic acids is 2. The van der Waals surface area contributed by atoms with Gasteiger partial charge in [0, 0.05) is 0 Å². The van der Waals surface area contributed by atoms with Crippen molar-refractivity contribution in [3.8, 4) is 0 Å². The first-order chi connectivity index (χ1) is 4.13. The fraction of sp³-hybridized carbons (Fsp3) is 0.500. The number of hydrogen-bond acceptors (Lipinski definition) is 5.